The predicted molar refractivity (Wildman–Crippen MR) is 62.6 cm³/mol. The van der Waals surface area contributed by atoms with Crippen molar-refractivity contribution >= 4 is 0 Å². The summed E-state index contributed by atoms with van der Waals surface area (Å²) < 4.78 is 0. The molecule has 2 unspecified atom stereocenters. The molecule has 1 aliphatic heterocycles. The summed E-state index contributed by atoms with van der Waals surface area (Å²) in [7, 11) is 2.09. The molecule has 0 spiro atoms. The number of hydrogen-bond donors (Lipinski definition) is 1. The van der Waals surface area contributed by atoms with Crippen molar-refractivity contribution in [3.8, 4) is 0 Å². The van der Waals surface area contributed by atoms with Crippen LogP contribution in [0.25, 0.3) is 0 Å². The van der Waals surface area contributed by atoms with Gasteiger partial charge in [-0.3, -0.25) is 0 Å². The molecule has 84 valence electrons. The first-order valence-electron chi connectivity index (χ1n) is 6.19. The molecule has 2 nitrogen and oxygen atoms in total. The lowest BCUT2D eigenvalue weighted by molar-refractivity contribution is 0.136. The number of hydrogen-bond acceptors (Lipinski definition) is 2. The Morgan fingerprint density at radius 2 is 2.14 bits per heavy atom. The third-order valence-corrected chi connectivity index (χ3v) is 3.47. The van der Waals surface area contributed by atoms with Crippen LogP contribution in [-0.2, 0) is 0 Å². The second kappa shape index (κ2) is 6.41. The van der Waals surface area contributed by atoms with Crippen LogP contribution in [0.4, 0.5) is 0 Å². The number of likely N-dealkylation sites (tertiary alicyclic amines) is 1. The standard InChI is InChI=1S/C12H26N2/c1-4-5-6-8-14-9-7-12(13-3)10-11(14)2/h11-13H,4-10H2,1-3H3. The van der Waals surface area contributed by atoms with Gasteiger partial charge in [0.1, 0.15) is 0 Å². The summed E-state index contributed by atoms with van der Waals surface area (Å²) in [6.45, 7) is 7.24. The summed E-state index contributed by atoms with van der Waals surface area (Å²) in [6.07, 6.45) is 6.75. The van der Waals surface area contributed by atoms with Crippen LogP contribution in [0.3, 0.4) is 0 Å². The summed E-state index contributed by atoms with van der Waals surface area (Å²) in [5.74, 6) is 0. The number of nitrogens with zero attached hydrogens (tertiary/aromatic N) is 1. The van der Waals surface area contributed by atoms with Crippen molar-refractivity contribution in [1.29, 1.82) is 0 Å². The van der Waals surface area contributed by atoms with Crippen molar-refractivity contribution in [3.05, 3.63) is 0 Å². The first-order chi connectivity index (χ1) is 6.77. The molecule has 1 aliphatic rings. The summed E-state index contributed by atoms with van der Waals surface area (Å²) >= 11 is 0. The lowest BCUT2D eigenvalue weighted by atomic mass is 9.98. The molecule has 14 heavy (non-hydrogen) atoms. The molecule has 0 aromatic carbocycles. The highest BCUT2D eigenvalue weighted by Gasteiger charge is 2.23. The Labute approximate surface area is 89.1 Å². The zero-order valence-corrected chi connectivity index (χ0v) is 10.1. The molecule has 0 amide bonds. The fourth-order valence-corrected chi connectivity index (χ4v) is 2.38. The Balaban J connectivity index is 2.20. The van der Waals surface area contributed by atoms with Crippen LogP contribution in [0, 0.1) is 0 Å². The second-order valence-corrected chi connectivity index (χ2v) is 4.60. The molecule has 0 aromatic heterocycles. The first kappa shape index (κ1) is 12.0. The van der Waals surface area contributed by atoms with E-state index in [1.54, 1.807) is 0 Å². The van der Waals surface area contributed by atoms with Crippen molar-refractivity contribution in [2.24, 2.45) is 0 Å². The smallest absolute Gasteiger partial charge is 0.00910 e. The van der Waals surface area contributed by atoms with Crippen molar-refractivity contribution in [3.63, 3.8) is 0 Å². The van der Waals surface area contributed by atoms with Gasteiger partial charge in [0.25, 0.3) is 0 Å². The van der Waals surface area contributed by atoms with E-state index in [1.165, 1.54) is 45.2 Å². The molecule has 0 radical (unpaired) electrons. The maximum Gasteiger partial charge on any atom is 0.00910 e. The molecule has 1 fully saturated rings. The van der Waals surface area contributed by atoms with E-state index in [4.69, 9.17) is 0 Å². The summed E-state index contributed by atoms with van der Waals surface area (Å²) in [5.41, 5.74) is 0. The Morgan fingerprint density at radius 3 is 2.71 bits per heavy atom. The third-order valence-electron chi connectivity index (χ3n) is 3.47. The van der Waals surface area contributed by atoms with E-state index in [0.717, 1.165) is 12.1 Å². The predicted octanol–water partition coefficient (Wildman–Crippen LogP) is 2.25. The molecular weight excluding hydrogens is 172 g/mol. The average molecular weight is 198 g/mol. The highest BCUT2D eigenvalue weighted by Crippen LogP contribution is 2.17. The lowest BCUT2D eigenvalue weighted by Gasteiger charge is -2.37. The van der Waals surface area contributed by atoms with Gasteiger partial charge in [0.05, 0.1) is 0 Å². The second-order valence-electron chi connectivity index (χ2n) is 4.60. The van der Waals surface area contributed by atoms with Gasteiger partial charge in [-0.05, 0) is 46.3 Å². The van der Waals surface area contributed by atoms with Crippen LogP contribution in [0.2, 0.25) is 0 Å². The van der Waals surface area contributed by atoms with Gasteiger partial charge in [-0.15, -0.1) is 0 Å². The van der Waals surface area contributed by atoms with Crippen LogP contribution < -0.4 is 5.32 Å². The highest BCUT2D eigenvalue weighted by atomic mass is 15.2. The molecule has 1 heterocycles. The fourth-order valence-electron chi connectivity index (χ4n) is 2.38. The van der Waals surface area contributed by atoms with E-state index in [2.05, 4.69) is 31.1 Å². The largest absolute Gasteiger partial charge is 0.317 e. The molecular formula is C12H26N2. The third kappa shape index (κ3) is 3.58. The molecule has 2 atom stereocenters. The van der Waals surface area contributed by atoms with E-state index < -0.39 is 0 Å². The molecule has 1 saturated heterocycles. The normalized spacial score (nSPS) is 29.4. The number of piperidine rings is 1. The van der Waals surface area contributed by atoms with Crippen LogP contribution in [0.15, 0.2) is 0 Å². The van der Waals surface area contributed by atoms with E-state index in [0.29, 0.717) is 0 Å². The van der Waals surface area contributed by atoms with E-state index in [9.17, 15) is 0 Å². The van der Waals surface area contributed by atoms with Gasteiger partial charge in [0.2, 0.25) is 0 Å². The van der Waals surface area contributed by atoms with Crippen molar-refractivity contribution < 1.29 is 0 Å². The Hall–Kier alpha value is -0.0800. The van der Waals surface area contributed by atoms with Gasteiger partial charge < -0.3 is 10.2 Å². The van der Waals surface area contributed by atoms with Gasteiger partial charge in [0, 0.05) is 12.1 Å². The average Bonchev–Trinajstić information content (AvgIpc) is 2.20. The number of rotatable bonds is 5. The van der Waals surface area contributed by atoms with Crippen LogP contribution in [0.1, 0.15) is 46.0 Å². The molecule has 0 aliphatic carbocycles. The zero-order valence-electron chi connectivity index (χ0n) is 10.1. The maximum atomic E-state index is 3.40. The highest BCUT2D eigenvalue weighted by molar-refractivity contribution is 4.81. The number of nitrogens with one attached hydrogen (secondary N) is 1. The topological polar surface area (TPSA) is 15.3 Å². The Bertz CT molecular complexity index is 145. The van der Waals surface area contributed by atoms with Crippen molar-refractivity contribution in [1.82, 2.24) is 10.2 Å². The Morgan fingerprint density at radius 1 is 1.36 bits per heavy atom. The summed E-state index contributed by atoms with van der Waals surface area (Å²) in [6, 6.07) is 1.53. The van der Waals surface area contributed by atoms with E-state index in [-0.39, 0.29) is 0 Å². The van der Waals surface area contributed by atoms with Crippen LogP contribution in [-0.4, -0.2) is 37.1 Å². The van der Waals surface area contributed by atoms with Gasteiger partial charge in [0.15, 0.2) is 0 Å². The lowest BCUT2D eigenvalue weighted by Crippen LogP contribution is -2.46. The van der Waals surface area contributed by atoms with Crippen molar-refractivity contribution in [2.45, 2.75) is 58.0 Å². The van der Waals surface area contributed by atoms with E-state index >= 15 is 0 Å². The zero-order chi connectivity index (χ0) is 10.4. The summed E-state index contributed by atoms with van der Waals surface area (Å²) in [5, 5.41) is 3.40. The molecule has 0 saturated carbocycles. The van der Waals surface area contributed by atoms with Crippen LogP contribution >= 0.6 is 0 Å². The fraction of sp³-hybridized carbons (Fsp3) is 1.00. The summed E-state index contributed by atoms with van der Waals surface area (Å²) in [4.78, 5) is 2.66. The molecule has 0 bridgehead atoms. The van der Waals surface area contributed by atoms with Gasteiger partial charge in [-0.2, -0.15) is 0 Å². The molecule has 2 heteroatoms. The van der Waals surface area contributed by atoms with Crippen molar-refractivity contribution in [2.75, 3.05) is 20.1 Å². The van der Waals surface area contributed by atoms with Gasteiger partial charge in [-0.25, -0.2) is 0 Å². The van der Waals surface area contributed by atoms with Gasteiger partial charge in [-0.1, -0.05) is 19.8 Å². The quantitative estimate of drug-likeness (QED) is 0.682. The molecule has 1 rings (SSSR count). The van der Waals surface area contributed by atoms with Crippen LogP contribution in [0.5, 0.6) is 0 Å². The number of unbranched alkanes of at least 4 members (excludes halogenated alkanes) is 2. The minimum atomic E-state index is 0.757. The maximum absolute atomic E-state index is 3.40. The first-order valence-corrected chi connectivity index (χ1v) is 6.19. The molecule has 0 aromatic rings. The van der Waals surface area contributed by atoms with E-state index in [1.807, 2.05) is 0 Å². The Kier molecular flexibility index (Phi) is 5.49. The minimum absolute atomic E-state index is 0.757. The molecule has 1 N–H and O–H groups in total. The SMILES string of the molecule is CCCCCN1CCC(NC)CC1C. The van der Waals surface area contributed by atoms with Gasteiger partial charge >= 0.3 is 0 Å². The monoisotopic (exact) mass is 198 g/mol. The minimum Gasteiger partial charge on any atom is -0.317 e.